The van der Waals surface area contributed by atoms with Crippen molar-refractivity contribution < 1.29 is 14.3 Å². The van der Waals surface area contributed by atoms with Crippen LogP contribution < -0.4 is 10.1 Å². The maximum absolute atomic E-state index is 11.9. The van der Waals surface area contributed by atoms with E-state index in [0.29, 0.717) is 12.4 Å². The standard InChI is InChI=1S/C18H22N2O3S/c1-3-23-18(21)16-11-24-17-14(5-4-6-15(17)20-16)19-12-7-9-13(22-2)10-8-12/h7-10,16,19H,3-6,11H2,1-2H3/t16-/m0/s1. The third-order valence-corrected chi connectivity index (χ3v) is 5.27. The average Bonchev–Trinajstić information content (AvgIpc) is 2.62. The molecule has 24 heavy (non-hydrogen) atoms. The Kier molecular flexibility index (Phi) is 5.45. The molecule has 1 aromatic carbocycles. The lowest BCUT2D eigenvalue weighted by atomic mass is 10.0. The molecule has 0 saturated heterocycles. The summed E-state index contributed by atoms with van der Waals surface area (Å²) in [7, 11) is 1.66. The van der Waals surface area contributed by atoms with Gasteiger partial charge in [-0.25, -0.2) is 4.79 Å². The summed E-state index contributed by atoms with van der Waals surface area (Å²) in [6.07, 6.45) is 2.96. The second kappa shape index (κ2) is 7.75. The van der Waals surface area contributed by atoms with Gasteiger partial charge in [0.25, 0.3) is 0 Å². The van der Waals surface area contributed by atoms with Crippen molar-refractivity contribution in [3.8, 4) is 5.75 Å². The van der Waals surface area contributed by atoms with Crippen LogP contribution in [0.5, 0.6) is 5.75 Å². The molecule has 6 heteroatoms. The van der Waals surface area contributed by atoms with Crippen molar-refractivity contribution in [1.29, 1.82) is 0 Å². The fourth-order valence-corrected chi connectivity index (χ4v) is 4.03. The predicted octanol–water partition coefficient (Wildman–Crippen LogP) is 3.62. The number of hydrogen-bond donors (Lipinski definition) is 1. The second-order valence-corrected chi connectivity index (χ2v) is 6.70. The molecule has 0 bridgehead atoms. The van der Waals surface area contributed by atoms with Crippen LogP contribution in [-0.4, -0.2) is 37.2 Å². The van der Waals surface area contributed by atoms with Crippen molar-refractivity contribution in [2.45, 2.75) is 32.2 Å². The van der Waals surface area contributed by atoms with E-state index in [0.717, 1.165) is 36.4 Å². The highest BCUT2D eigenvalue weighted by molar-refractivity contribution is 8.04. The summed E-state index contributed by atoms with van der Waals surface area (Å²) >= 11 is 1.71. The third-order valence-electron chi connectivity index (χ3n) is 4.02. The maximum Gasteiger partial charge on any atom is 0.331 e. The zero-order valence-corrected chi connectivity index (χ0v) is 14.8. The largest absolute Gasteiger partial charge is 0.497 e. The van der Waals surface area contributed by atoms with E-state index < -0.39 is 0 Å². The Hall–Kier alpha value is -1.95. The Labute approximate surface area is 146 Å². The van der Waals surface area contributed by atoms with E-state index in [1.807, 2.05) is 31.2 Å². The van der Waals surface area contributed by atoms with Gasteiger partial charge in [-0.1, -0.05) is 0 Å². The van der Waals surface area contributed by atoms with Gasteiger partial charge in [0.1, 0.15) is 5.75 Å². The molecular formula is C18H22N2O3S. The third kappa shape index (κ3) is 3.75. The van der Waals surface area contributed by atoms with Crippen LogP contribution in [0.2, 0.25) is 0 Å². The molecule has 0 amide bonds. The van der Waals surface area contributed by atoms with Crippen LogP contribution in [0.4, 0.5) is 5.69 Å². The molecule has 1 aliphatic heterocycles. The summed E-state index contributed by atoms with van der Waals surface area (Å²) in [6, 6.07) is 7.53. The lowest BCUT2D eigenvalue weighted by Gasteiger charge is -2.28. The number of esters is 1. The molecule has 2 aliphatic rings. The van der Waals surface area contributed by atoms with E-state index in [4.69, 9.17) is 9.47 Å². The monoisotopic (exact) mass is 346 g/mol. The number of nitrogens with one attached hydrogen (secondary N) is 1. The van der Waals surface area contributed by atoms with Crippen molar-refractivity contribution in [2.24, 2.45) is 4.99 Å². The molecule has 1 aliphatic carbocycles. The lowest BCUT2D eigenvalue weighted by Crippen LogP contribution is -2.30. The fourth-order valence-electron chi connectivity index (χ4n) is 2.84. The van der Waals surface area contributed by atoms with Crippen LogP contribution in [0.1, 0.15) is 26.2 Å². The number of nitrogens with zero attached hydrogens (tertiary/aromatic N) is 1. The number of rotatable bonds is 5. The normalized spacial score (nSPS) is 20.1. The molecule has 1 N–H and O–H groups in total. The summed E-state index contributed by atoms with van der Waals surface area (Å²) in [5.41, 5.74) is 3.26. The minimum Gasteiger partial charge on any atom is -0.497 e. The summed E-state index contributed by atoms with van der Waals surface area (Å²) in [4.78, 5) is 17.8. The van der Waals surface area contributed by atoms with Gasteiger partial charge in [0.05, 0.1) is 19.4 Å². The van der Waals surface area contributed by atoms with Crippen LogP contribution in [0.15, 0.2) is 39.9 Å². The van der Waals surface area contributed by atoms with E-state index in [2.05, 4.69) is 10.3 Å². The minimum absolute atomic E-state index is 0.216. The van der Waals surface area contributed by atoms with Gasteiger partial charge in [0.15, 0.2) is 6.04 Å². The van der Waals surface area contributed by atoms with Crippen molar-refractivity contribution in [3.63, 3.8) is 0 Å². The lowest BCUT2D eigenvalue weighted by molar-refractivity contribution is -0.143. The average molecular weight is 346 g/mol. The first-order valence-electron chi connectivity index (χ1n) is 8.22. The fraction of sp³-hybridized carbons (Fsp3) is 0.444. The van der Waals surface area contributed by atoms with Crippen LogP contribution in [0.3, 0.4) is 0 Å². The molecule has 0 unspecified atom stereocenters. The van der Waals surface area contributed by atoms with E-state index in [9.17, 15) is 4.79 Å². The molecule has 0 aromatic heterocycles. The van der Waals surface area contributed by atoms with Gasteiger partial charge >= 0.3 is 5.97 Å². The van der Waals surface area contributed by atoms with Crippen LogP contribution in [0, 0.1) is 0 Å². The Morgan fingerprint density at radius 3 is 2.83 bits per heavy atom. The van der Waals surface area contributed by atoms with Crippen molar-refractivity contribution in [3.05, 3.63) is 34.9 Å². The molecule has 0 fully saturated rings. The maximum atomic E-state index is 11.9. The zero-order valence-electron chi connectivity index (χ0n) is 14.0. The molecule has 128 valence electrons. The Balaban J connectivity index is 1.78. The Morgan fingerprint density at radius 1 is 1.33 bits per heavy atom. The Bertz CT molecular complexity index is 667. The molecule has 5 nitrogen and oxygen atoms in total. The van der Waals surface area contributed by atoms with Crippen LogP contribution in [0.25, 0.3) is 0 Å². The van der Waals surface area contributed by atoms with Crippen LogP contribution in [-0.2, 0) is 9.53 Å². The van der Waals surface area contributed by atoms with E-state index >= 15 is 0 Å². The van der Waals surface area contributed by atoms with E-state index in [1.54, 1.807) is 18.9 Å². The first-order chi connectivity index (χ1) is 11.7. The Morgan fingerprint density at radius 2 is 2.12 bits per heavy atom. The zero-order chi connectivity index (χ0) is 16.9. The number of ether oxygens (including phenoxy) is 2. The number of carbonyl (C=O) groups excluding carboxylic acids is 1. The van der Waals surface area contributed by atoms with Crippen molar-refractivity contribution >= 4 is 29.1 Å². The summed E-state index contributed by atoms with van der Waals surface area (Å²) in [5, 5.41) is 3.51. The SMILES string of the molecule is CCOC(=O)[C@@H]1CSC2=C(Nc3ccc(OC)cc3)CCCC2=N1. The van der Waals surface area contributed by atoms with Gasteiger partial charge in [0.2, 0.25) is 0 Å². The van der Waals surface area contributed by atoms with Gasteiger partial charge in [-0.05, 0) is 50.5 Å². The van der Waals surface area contributed by atoms with E-state index in [1.165, 1.54) is 10.6 Å². The topological polar surface area (TPSA) is 59.9 Å². The molecule has 1 aromatic rings. The van der Waals surface area contributed by atoms with Crippen molar-refractivity contribution in [2.75, 3.05) is 24.8 Å². The molecule has 1 atom stereocenters. The van der Waals surface area contributed by atoms with Gasteiger partial charge in [-0.15, -0.1) is 11.8 Å². The molecular weight excluding hydrogens is 324 g/mol. The number of thioether (sulfide) groups is 1. The number of hydrogen-bond acceptors (Lipinski definition) is 6. The van der Waals surface area contributed by atoms with Gasteiger partial charge < -0.3 is 14.8 Å². The number of allylic oxidation sites excluding steroid dienone is 2. The smallest absolute Gasteiger partial charge is 0.331 e. The van der Waals surface area contributed by atoms with Gasteiger partial charge in [-0.3, -0.25) is 4.99 Å². The number of fused-ring (bicyclic) bond motifs is 1. The first-order valence-corrected chi connectivity index (χ1v) is 9.20. The molecule has 1 heterocycles. The second-order valence-electron chi connectivity index (χ2n) is 5.67. The first kappa shape index (κ1) is 16.9. The summed E-state index contributed by atoms with van der Waals surface area (Å²) < 4.78 is 10.3. The van der Waals surface area contributed by atoms with E-state index in [-0.39, 0.29) is 12.0 Å². The minimum atomic E-state index is -0.367. The number of benzene rings is 1. The quantitative estimate of drug-likeness (QED) is 0.825. The molecule has 3 rings (SSSR count). The predicted molar refractivity (Wildman–Crippen MR) is 97.8 cm³/mol. The number of anilines is 1. The molecule has 0 saturated carbocycles. The summed E-state index contributed by atoms with van der Waals surface area (Å²) in [6.45, 7) is 2.22. The molecule has 0 radical (unpaired) electrons. The number of methoxy groups -OCH3 is 1. The highest BCUT2D eigenvalue weighted by atomic mass is 32.2. The number of carbonyl (C=O) groups is 1. The highest BCUT2D eigenvalue weighted by Crippen LogP contribution is 2.36. The molecule has 0 spiro atoms. The summed E-state index contributed by atoms with van der Waals surface area (Å²) in [5.74, 6) is 1.27. The van der Waals surface area contributed by atoms with Crippen molar-refractivity contribution in [1.82, 2.24) is 0 Å². The van der Waals surface area contributed by atoms with Gasteiger partial charge in [0, 0.05) is 22.0 Å². The van der Waals surface area contributed by atoms with Crippen LogP contribution >= 0.6 is 11.8 Å². The highest BCUT2D eigenvalue weighted by Gasteiger charge is 2.30. The van der Waals surface area contributed by atoms with Gasteiger partial charge in [-0.2, -0.15) is 0 Å². The number of aliphatic imine (C=N–C) groups is 1.